The maximum atomic E-state index is 13.5. The minimum Gasteiger partial charge on any atom is -0.467 e. The Hall–Kier alpha value is -3.94. The van der Waals surface area contributed by atoms with Crippen LogP contribution < -0.4 is 10.6 Å². The van der Waals surface area contributed by atoms with Gasteiger partial charge in [0.2, 0.25) is 5.91 Å². The van der Waals surface area contributed by atoms with E-state index in [9.17, 15) is 19.2 Å². The van der Waals surface area contributed by atoms with E-state index in [0.717, 1.165) is 11.1 Å². The van der Waals surface area contributed by atoms with E-state index in [2.05, 4.69) is 15.6 Å². The van der Waals surface area contributed by atoms with Crippen LogP contribution >= 0.6 is 0 Å². The summed E-state index contributed by atoms with van der Waals surface area (Å²) in [5.74, 6) is -2.94. The summed E-state index contributed by atoms with van der Waals surface area (Å²) in [6.07, 6.45) is 0.288. The Morgan fingerprint density at radius 1 is 0.889 bits per heavy atom. The van der Waals surface area contributed by atoms with Gasteiger partial charge in [-0.2, -0.15) is 0 Å². The number of ether oxygens (including phenoxy) is 1. The van der Waals surface area contributed by atoms with Gasteiger partial charge in [-0.1, -0.05) is 76.2 Å². The van der Waals surface area contributed by atoms with E-state index in [0.29, 0.717) is 11.1 Å². The second-order valence-corrected chi connectivity index (χ2v) is 9.52. The van der Waals surface area contributed by atoms with Crippen molar-refractivity contribution in [2.45, 2.75) is 46.2 Å². The molecule has 0 saturated heterocycles. The number of methoxy groups -OCH3 is 1. The zero-order chi connectivity index (χ0) is 26.4. The van der Waals surface area contributed by atoms with Crippen LogP contribution in [-0.4, -0.2) is 47.7 Å². The van der Waals surface area contributed by atoms with Gasteiger partial charge in [0, 0.05) is 10.9 Å². The number of nitrogens with one attached hydrogen (secondary N) is 3. The summed E-state index contributed by atoms with van der Waals surface area (Å²) in [5, 5.41) is 5.90. The van der Waals surface area contributed by atoms with Crippen molar-refractivity contribution in [3.63, 3.8) is 0 Å². The SMILES string of the molecule is COC(=O)[C@@H](NC(=O)[C@H](CC(C)C)NC(=O)C(=O)c1c(-c2ccccc2)[nH]c2ccccc12)C(C)C. The summed E-state index contributed by atoms with van der Waals surface area (Å²) in [5.41, 5.74) is 2.26. The number of fused-ring (bicyclic) bond motifs is 1. The highest BCUT2D eigenvalue weighted by Crippen LogP contribution is 2.30. The fourth-order valence-electron chi connectivity index (χ4n) is 4.12. The molecule has 0 aliphatic heterocycles. The standard InChI is InChI=1S/C28H33N3O5/c1-16(2)15-21(26(33)31-23(17(3)4)28(35)36-5)30-27(34)25(32)22-19-13-9-10-14-20(19)29-24(22)18-11-7-6-8-12-18/h6-14,16-17,21,23,29H,15H2,1-5H3,(H,30,34)(H,31,33)/t21-,23-/m0/s1. The van der Waals surface area contributed by atoms with E-state index in [1.165, 1.54) is 7.11 Å². The van der Waals surface area contributed by atoms with E-state index < -0.39 is 35.7 Å². The molecule has 0 spiro atoms. The van der Waals surface area contributed by atoms with Gasteiger partial charge >= 0.3 is 5.97 Å². The fraction of sp³-hybridized carbons (Fsp3) is 0.357. The normalized spacial score (nSPS) is 12.9. The molecule has 2 atom stereocenters. The molecule has 1 heterocycles. The summed E-state index contributed by atoms with van der Waals surface area (Å²) in [7, 11) is 1.25. The maximum absolute atomic E-state index is 13.5. The number of aromatic amines is 1. The first-order valence-electron chi connectivity index (χ1n) is 12.0. The number of aromatic nitrogens is 1. The van der Waals surface area contributed by atoms with Crippen molar-refractivity contribution in [3.05, 3.63) is 60.2 Å². The molecular formula is C28H33N3O5. The molecule has 0 radical (unpaired) electrons. The number of Topliss-reactive ketones (excluding diaryl/α,β-unsaturated/α-hetero) is 1. The topological polar surface area (TPSA) is 117 Å². The molecule has 190 valence electrons. The number of H-pyrrole nitrogens is 1. The maximum Gasteiger partial charge on any atom is 0.328 e. The summed E-state index contributed by atoms with van der Waals surface area (Å²) < 4.78 is 4.80. The van der Waals surface area contributed by atoms with Gasteiger partial charge in [0.1, 0.15) is 12.1 Å². The molecule has 0 aliphatic carbocycles. The molecule has 2 aromatic carbocycles. The molecule has 36 heavy (non-hydrogen) atoms. The molecule has 8 nitrogen and oxygen atoms in total. The number of benzene rings is 2. The van der Waals surface area contributed by atoms with Crippen LogP contribution in [0.4, 0.5) is 0 Å². The first kappa shape index (κ1) is 26.7. The monoisotopic (exact) mass is 491 g/mol. The molecule has 2 amide bonds. The van der Waals surface area contributed by atoms with Crippen LogP contribution in [0, 0.1) is 11.8 Å². The Bertz CT molecular complexity index is 1250. The molecule has 0 unspecified atom stereocenters. The lowest BCUT2D eigenvalue weighted by Crippen LogP contribution is -2.54. The molecule has 0 bridgehead atoms. The van der Waals surface area contributed by atoms with Crippen LogP contribution in [-0.2, 0) is 19.1 Å². The predicted molar refractivity (Wildman–Crippen MR) is 138 cm³/mol. The van der Waals surface area contributed by atoms with Crippen molar-refractivity contribution < 1.29 is 23.9 Å². The van der Waals surface area contributed by atoms with Crippen LogP contribution in [0.3, 0.4) is 0 Å². The van der Waals surface area contributed by atoms with Gasteiger partial charge in [0.25, 0.3) is 11.7 Å². The minimum atomic E-state index is -1.00. The highest BCUT2D eigenvalue weighted by atomic mass is 16.5. The number of rotatable bonds is 10. The number of carbonyl (C=O) groups is 4. The van der Waals surface area contributed by atoms with Crippen molar-refractivity contribution in [2.24, 2.45) is 11.8 Å². The van der Waals surface area contributed by atoms with Crippen molar-refractivity contribution in [2.75, 3.05) is 7.11 Å². The zero-order valence-corrected chi connectivity index (χ0v) is 21.3. The smallest absolute Gasteiger partial charge is 0.328 e. The Morgan fingerprint density at radius 2 is 1.53 bits per heavy atom. The lowest BCUT2D eigenvalue weighted by atomic mass is 9.99. The van der Waals surface area contributed by atoms with Crippen molar-refractivity contribution >= 4 is 34.5 Å². The Kier molecular flexibility index (Phi) is 8.64. The zero-order valence-electron chi connectivity index (χ0n) is 21.3. The largest absolute Gasteiger partial charge is 0.467 e. The summed E-state index contributed by atoms with van der Waals surface area (Å²) in [6.45, 7) is 7.37. The average molecular weight is 492 g/mol. The third-order valence-corrected chi connectivity index (χ3v) is 5.95. The van der Waals surface area contributed by atoms with E-state index in [1.807, 2.05) is 56.3 Å². The van der Waals surface area contributed by atoms with Gasteiger partial charge in [0.05, 0.1) is 18.4 Å². The molecule has 3 aromatic rings. The molecule has 3 N–H and O–H groups in total. The molecule has 0 aliphatic rings. The van der Waals surface area contributed by atoms with Gasteiger partial charge in [-0.05, 0) is 29.9 Å². The molecule has 8 heteroatoms. The second-order valence-electron chi connectivity index (χ2n) is 9.52. The highest BCUT2D eigenvalue weighted by molar-refractivity contribution is 6.46. The molecule has 0 fully saturated rings. The van der Waals surface area contributed by atoms with E-state index in [1.54, 1.807) is 26.0 Å². The van der Waals surface area contributed by atoms with Gasteiger partial charge in [-0.3, -0.25) is 14.4 Å². The molecule has 1 aromatic heterocycles. The van der Waals surface area contributed by atoms with Crippen LogP contribution in [0.2, 0.25) is 0 Å². The highest BCUT2D eigenvalue weighted by Gasteiger charge is 2.32. The van der Waals surface area contributed by atoms with E-state index >= 15 is 0 Å². The summed E-state index contributed by atoms with van der Waals surface area (Å²) in [4.78, 5) is 55.2. The Labute approximate surface area is 210 Å². The van der Waals surface area contributed by atoms with Crippen molar-refractivity contribution in [3.8, 4) is 11.3 Å². The van der Waals surface area contributed by atoms with E-state index in [4.69, 9.17) is 4.74 Å². The number of carbonyl (C=O) groups excluding carboxylic acids is 4. The second kappa shape index (κ2) is 11.7. The van der Waals surface area contributed by atoms with Crippen LogP contribution in [0.15, 0.2) is 54.6 Å². The Balaban J connectivity index is 1.91. The lowest BCUT2D eigenvalue weighted by Gasteiger charge is -2.25. The van der Waals surface area contributed by atoms with Crippen molar-refractivity contribution in [1.82, 2.24) is 15.6 Å². The number of esters is 1. The Morgan fingerprint density at radius 3 is 2.14 bits per heavy atom. The minimum absolute atomic E-state index is 0.0414. The van der Waals surface area contributed by atoms with Gasteiger partial charge < -0.3 is 20.4 Å². The third-order valence-electron chi connectivity index (χ3n) is 5.95. The van der Waals surface area contributed by atoms with Crippen LogP contribution in [0.1, 0.15) is 44.5 Å². The number of hydrogen-bond donors (Lipinski definition) is 3. The first-order chi connectivity index (χ1) is 17.1. The van der Waals surface area contributed by atoms with Crippen molar-refractivity contribution in [1.29, 1.82) is 0 Å². The average Bonchev–Trinajstić information content (AvgIpc) is 3.25. The van der Waals surface area contributed by atoms with E-state index in [-0.39, 0.29) is 23.8 Å². The molecule has 0 saturated carbocycles. The summed E-state index contributed by atoms with van der Waals surface area (Å²) in [6, 6.07) is 14.7. The van der Waals surface area contributed by atoms with Gasteiger partial charge in [-0.15, -0.1) is 0 Å². The van der Waals surface area contributed by atoms with Crippen LogP contribution in [0.25, 0.3) is 22.2 Å². The van der Waals surface area contributed by atoms with Gasteiger partial charge in [0.15, 0.2) is 0 Å². The first-order valence-corrected chi connectivity index (χ1v) is 12.0. The molecule has 3 rings (SSSR count). The van der Waals surface area contributed by atoms with Crippen LogP contribution in [0.5, 0.6) is 0 Å². The number of amides is 2. The number of para-hydroxylation sites is 1. The third kappa shape index (κ3) is 6.00. The summed E-state index contributed by atoms with van der Waals surface area (Å²) >= 11 is 0. The predicted octanol–water partition coefficient (Wildman–Crippen LogP) is 3.86. The quantitative estimate of drug-likeness (QED) is 0.226. The fourth-order valence-corrected chi connectivity index (χ4v) is 4.12. The lowest BCUT2D eigenvalue weighted by molar-refractivity contribution is -0.146. The van der Waals surface area contributed by atoms with Gasteiger partial charge in [-0.25, -0.2) is 4.79 Å². The molecular weight excluding hydrogens is 458 g/mol. The number of ketones is 1. The number of hydrogen-bond acceptors (Lipinski definition) is 5.